The summed E-state index contributed by atoms with van der Waals surface area (Å²) < 4.78 is 0. The number of aliphatic hydroxyl groups is 1. The molecule has 124 valence electrons. The topological polar surface area (TPSA) is 78.6 Å². The number of nitrogens with zero attached hydrogens (tertiary/aromatic N) is 1. The summed E-state index contributed by atoms with van der Waals surface area (Å²) in [6.45, 7) is 11.2. The number of nitrogens with two attached hydrogens (primary N) is 1. The lowest BCUT2D eigenvalue weighted by atomic mass is 9.86. The van der Waals surface area contributed by atoms with Crippen molar-refractivity contribution in [3.8, 4) is 0 Å². The van der Waals surface area contributed by atoms with Gasteiger partial charge in [-0.2, -0.15) is 0 Å². The number of likely N-dealkylation sites (tertiary alicyclic amines) is 1. The second-order valence-corrected chi connectivity index (χ2v) is 7.06. The molecule has 5 heteroatoms. The minimum absolute atomic E-state index is 0.00888. The first-order chi connectivity index (χ1) is 9.83. The molecule has 0 aromatic rings. The number of hydrogen-bond acceptors (Lipinski definition) is 4. The fourth-order valence-electron chi connectivity index (χ4n) is 2.92. The van der Waals surface area contributed by atoms with Gasteiger partial charge in [0.1, 0.15) is 0 Å². The van der Waals surface area contributed by atoms with Gasteiger partial charge in [-0.25, -0.2) is 0 Å². The van der Waals surface area contributed by atoms with E-state index < -0.39 is 0 Å². The predicted molar refractivity (Wildman–Crippen MR) is 85.8 cm³/mol. The number of carbonyl (C=O) groups is 1. The lowest BCUT2D eigenvalue weighted by Gasteiger charge is -2.39. The fraction of sp³-hybridized carbons (Fsp3) is 0.938. The zero-order valence-electron chi connectivity index (χ0n) is 14.0. The van der Waals surface area contributed by atoms with Crippen molar-refractivity contribution in [3.05, 3.63) is 0 Å². The molecule has 1 rings (SSSR count). The molecule has 1 amide bonds. The lowest BCUT2D eigenvalue weighted by molar-refractivity contribution is -0.125. The van der Waals surface area contributed by atoms with Gasteiger partial charge in [0, 0.05) is 38.1 Å². The van der Waals surface area contributed by atoms with E-state index in [-0.39, 0.29) is 29.9 Å². The third-order valence-corrected chi connectivity index (χ3v) is 4.27. The highest BCUT2D eigenvalue weighted by atomic mass is 16.3. The first-order valence-corrected chi connectivity index (χ1v) is 8.24. The van der Waals surface area contributed by atoms with Gasteiger partial charge in [0.15, 0.2) is 0 Å². The highest BCUT2D eigenvalue weighted by molar-refractivity contribution is 5.78. The van der Waals surface area contributed by atoms with E-state index in [4.69, 9.17) is 5.73 Å². The highest BCUT2D eigenvalue weighted by Gasteiger charge is 2.30. The lowest BCUT2D eigenvalue weighted by Crippen LogP contribution is -2.53. The Bertz CT molecular complexity index is 321. The Morgan fingerprint density at radius 3 is 2.52 bits per heavy atom. The Hall–Kier alpha value is -0.650. The van der Waals surface area contributed by atoms with Crippen molar-refractivity contribution >= 4 is 5.91 Å². The number of amides is 1. The number of hydrogen-bond donors (Lipinski definition) is 3. The van der Waals surface area contributed by atoms with E-state index in [1.807, 2.05) is 27.7 Å². The second-order valence-electron chi connectivity index (χ2n) is 7.06. The summed E-state index contributed by atoms with van der Waals surface area (Å²) in [4.78, 5) is 14.2. The molecule has 1 aliphatic rings. The van der Waals surface area contributed by atoms with Crippen molar-refractivity contribution < 1.29 is 9.90 Å². The Balaban J connectivity index is 2.61. The van der Waals surface area contributed by atoms with Gasteiger partial charge in [0.2, 0.25) is 5.91 Å². The van der Waals surface area contributed by atoms with Crippen molar-refractivity contribution in [3.63, 3.8) is 0 Å². The smallest absolute Gasteiger partial charge is 0.222 e. The standard InChI is InChI=1S/C16H33N3O2/c1-11(2)15(20)8-13-7-14(18-16(21)12(3)4)10-19(9-13)6-5-17/h11-15,20H,5-10,17H2,1-4H3,(H,18,21). The SMILES string of the molecule is CC(C)C(=O)NC1CC(CC(O)C(C)C)CN(CCN)C1. The van der Waals surface area contributed by atoms with E-state index in [1.165, 1.54) is 0 Å². The van der Waals surface area contributed by atoms with Gasteiger partial charge < -0.3 is 16.2 Å². The molecule has 3 atom stereocenters. The van der Waals surface area contributed by atoms with Gasteiger partial charge >= 0.3 is 0 Å². The van der Waals surface area contributed by atoms with Crippen molar-refractivity contribution in [2.24, 2.45) is 23.5 Å². The molecule has 1 fully saturated rings. The van der Waals surface area contributed by atoms with Crippen LogP contribution in [0, 0.1) is 17.8 Å². The van der Waals surface area contributed by atoms with E-state index in [0.29, 0.717) is 12.5 Å². The number of nitrogens with one attached hydrogen (secondary N) is 1. The third kappa shape index (κ3) is 6.32. The van der Waals surface area contributed by atoms with E-state index in [2.05, 4.69) is 10.2 Å². The van der Waals surface area contributed by atoms with Gasteiger partial charge in [0.05, 0.1) is 6.10 Å². The largest absolute Gasteiger partial charge is 0.393 e. The van der Waals surface area contributed by atoms with Gasteiger partial charge in [-0.15, -0.1) is 0 Å². The fourth-order valence-corrected chi connectivity index (χ4v) is 2.92. The molecule has 1 aliphatic heterocycles. The average Bonchev–Trinajstić information content (AvgIpc) is 2.38. The van der Waals surface area contributed by atoms with E-state index in [9.17, 15) is 9.90 Å². The number of aliphatic hydroxyl groups excluding tert-OH is 1. The summed E-state index contributed by atoms with van der Waals surface area (Å²) in [5.41, 5.74) is 5.67. The zero-order chi connectivity index (χ0) is 16.0. The van der Waals surface area contributed by atoms with Gasteiger partial charge in [0.25, 0.3) is 0 Å². The van der Waals surface area contributed by atoms with Crippen molar-refractivity contribution in [1.82, 2.24) is 10.2 Å². The van der Waals surface area contributed by atoms with Crippen LogP contribution in [0.25, 0.3) is 0 Å². The monoisotopic (exact) mass is 299 g/mol. The first-order valence-electron chi connectivity index (χ1n) is 8.24. The van der Waals surface area contributed by atoms with Crippen molar-refractivity contribution in [1.29, 1.82) is 0 Å². The first kappa shape index (κ1) is 18.4. The van der Waals surface area contributed by atoms with Crippen molar-refractivity contribution in [2.45, 2.75) is 52.7 Å². The molecular weight excluding hydrogens is 266 g/mol. The van der Waals surface area contributed by atoms with Crippen LogP contribution in [0.15, 0.2) is 0 Å². The summed E-state index contributed by atoms with van der Waals surface area (Å²) in [6.07, 6.45) is 1.48. The quantitative estimate of drug-likeness (QED) is 0.650. The molecule has 0 bridgehead atoms. The molecule has 0 saturated carbocycles. The molecular formula is C16H33N3O2. The molecule has 0 aromatic heterocycles. The van der Waals surface area contributed by atoms with Gasteiger partial charge in [-0.05, 0) is 24.7 Å². The summed E-state index contributed by atoms with van der Waals surface area (Å²) in [7, 11) is 0. The van der Waals surface area contributed by atoms with Crippen LogP contribution < -0.4 is 11.1 Å². The average molecular weight is 299 g/mol. The molecule has 0 aromatic carbocycles. The number of piperidine rings is 1. The summed E-state index contributed by atoms with van der Waals surface area (Å²) in [5, 5.41) is 13.3. The molecule has 5 nitrogen and oxygen atoms in total. The Morgan fingerprint density at radius 1 is 1.33 bits per heavy atom. The maximum Gasteiger partial charge on any atom is 0.222 e. The van der Waals surface area contributed by atoms with E-state index in [1.54, 1.807) is 0 Å². The molecule has 0 spiro atoms. The minimum Gasteiger partial charge on any atom is -0.393 e. The van der Waals surface area contributed by atoms with E-state index >= 15 is 0 Å². The maximum absolute atomic E-state index is 11.9. The second kappa shape index (κ2) is 8.71. The Morgan fingerprint density at radius 2 is 2.00 bits per heavy atom. The van der Waals surface area contributed by atoms with Crippen LogP contribution in [0.1, 0.15) is 40.5 Å². The molecule has 3 unspecified atom stereocenters. The minimum atomic E-state index is -0.269. The molecule has 0 radical (unpaired) electrons. The summed E-state index contributed by atoms with van der Waals surface area (Å²) >= 11 is 0. The summed E-state index contributed by atoms with van der Waals surface area (Å²) in [5.74, 6) is 0.811. The van der Waals surface area contributed by atoms with Gasteiger partial charge in [-0.1, -0.05) is 27.7 Å². The van der Waals surface area contributed by atoms with Crippen LogP contribution in [0.4, 0.5) is 0 Å². The highest BCUT2D eigenvalue weighted by Crippen LogP contribution is 2.23. The predicted octanol–water partition coefficient (Wildman–Crippen LogP) is 0.815. The Labute approximate surface area is 129 Å². The number of carbonyl (C=O) groups excluding carboxylic acids is 1. The molecule has 1 saturated heterocycles. The molecule has 0 aliphatic carbocycles. The van der Waals surface area contributed by atoms with Crippen LogP contribution in [0.5, 0.6) is 0 Å². The normalized spacial score (nSPS) is 25.3. The number of rotatable bonds is 7. The zero-order valence-corrected chi connectivity index (χ0v) is 14.0. The molecule has 4 N–H and O–H groups in total. The van der Waals surface area contributed by atoms with Crippen LogP contribution in [0.3, 0.4) is 0 Å². The molecule has 21 heavy (non-hydrogen) atoms. The van der Waals surface area contributed by atoms with Crippen LogP contribution >= 0.6 is 0 Å². The Kier molecular flexibility index (Phi) is 7.63. The van der Waals surface area contributed by atoms with Crippen LogP contribution in [-0.4, -0.2) is 54.2 Å². The maximum atomic E-state index is 11.9. The van der Waals surface area contributed by atoms with Crippen LogP contribution in [-0.2, 0) is 4.79 Å². The van der Waals surface area contributed by atoms with E-state index in [0.717, 1.165) is 32.5 Å². The van der Waals surface area contributed by atoms with Crippen LogP contribution in [0.2, 0.25) is 0 Å². The van der Waals surface area contributed by atoms with Gasteiger partial charge in [-0.3, -0.25) is 9.69 Å². The summed E-state index contributed by atoms with van der Waals surface area (Å²) in [6, 6.07) is 0.171. The van der Waals surface area contributed by atoms with Crippen molar-refractivity contribution in [2.75, 3.05) is 26.2 Å². The third-order valence-electron chi connectivity index (χ3n) is 4.27. The molecule has 1 heterocycles.